The van der Waals surface area contributed by atoms with E-state index < -0.39 is 0 Å². The Bertz CT molecular complexity index is 478. The van der Waals surface area contributed by atoms with Crippen LogP contribution in [0.1, 0.15) is 69.8 Å². The number of methoxy groups -OCH3 is 3. The molecule has 1 aliphatic carbocycles. The summed E-state index contributed by atoms with van der Waals surface area (Å²) in [5.41, 5.74) is 1.21. The molecule has 136 valence electrons. The van der Waals surface area contributed by atoms with E-state index in [4.69, 9.17) is 14.2 Å². The SMILES string of the molecule is COc1ccc(CCCCCCC2CCCCC2)c(OC)c1OC. The second kappa shape index (κ2) is 10.5. The summed E-state index contributed by atoms with van der Waals surface area (Å²) >= 11 is 0. The zero-order valence-corrected chi connectivity index (χ0v) is 15.7. The molecule has 0 aromatic heterocycles. The first kappa shape index (κ1) is 19.0. The summed E-state index contributed by atoms with van der Waals surface area (Å²) in [6, 6.07) is 4.07. The van der Waals surface area contributed by atoms with Gasteiger partial charge in [0.25, 0.3) is 0 Å². The van der Waals surface area contributed by atoms with Gasteiger partial charge in [-0.15, -0.1) is 0 Å². The normalized spacial score (nSPS) is 15.3. The second-order valence-electron chi connectivity index (χ2n) is 6.95. The number of benzene rings is 1. The average Bonchev–Trinajstić information content (AvgIpc) is 2.64. The lowest BCUT2D eigenvalue weighted by molar-refractivity contribution is 0.321. The Balaban J connectivity index is 1.73. The van der Waals surface area contributed by atoms with Gasteiger partial charge in [-0.2, -0.15) is 0 Å². The standard InChI is InChI=1S/C21H34O3/c1-22-19-16-15-18(20(23-2)21(19)24-3)14-10-5-4-7-11-17-12-8-6-9-13-17/h15-17H,4-14H2,1-3H3. The summed E-state index contributed by atoms with van der Waals surface area (Å²) in [7, 11) is 5.02. The smallest absolute Gasteiger partial charge is 0.203 e. The number of hydrogen-bond donors (Lipinski definition) is 0. The quantitative estimate of drug-likeness (QED) is 0.507. The van der Waals surface area contributed by atoms with Crippen molar-refractivity contribution in [1.29, 1.82) is 0 Å². The summed E-state index contributed by atoms with van der Waals surface area (Å²) in [6.07, 6.45) is 15.1. The number of hydrogen-bond acceptors (Lipinski definition) is 3. The molecule has 0 radical (unpaired) electrons. The summed E-state index contributed by atoms with van der Waals surface area (Å²) < 4.78 is 16.4. The van der Waals surface area contributed by atoms with Crippen molar-refractivity contribution in [3.05, 3.63) is 17.7 Å². The van der Waals surface area contributed by atoms with Crippen molar-refractivity contribution >= 4 is 0 Å². The Morgan fingerprint density at radius 1 is 0.792 bits per heavy atom. The van der Waals surface area contributed by atoms with Gasteiger partial charge in [-0.05, 0) is 30.4 Å². The summed E-state index contributed by atoms with van der Waals surface area (Å²) in [4.78, 5) is 0. The van der Waals surface area contributed by atoms with Crippen molar-refractivity contribution in [3.8, 4) is 17.2 Å². The largest absolute Gasteiger partial charge is 0.493 e. The Morgan fingerprint density at radius 3 is 2.17 bits per heavy atom. The van der Waals surface area contributed by atoms with Gasteiger partial charge in [0.15, 0.2) is 11.5 Å². The molecule has 0 spiro atoms. The van der Waals surface area contributed by atoms with E-state index in [1.165, 1.54) is 69.8 Å². The maximum atomic E-state index is 5.56. The average molecular weight is 335 g/mol. The van der Waals surface area contributed by atoms with Crippen LogP contribution >= 0.6 is 0 Å². The molecule has 3 nitrogen and oxygen atoms in total. The van der Waals surface area contributed by atoms with Crippen molar-refractivity contribution in [2.24, 2.45) is 5.92 Å². The number of rotatable bonds is 10. The highest BCUT2D eigenvalue weighted by Crippen LogP contribution is 2.40. The van der Waals surface area contributed by atoms with Gasteiger partial charge in [-0.25, -0.2) is 0 Å². The van der Waals surface area contributed by atoms with E-state index in [-0.39, 0.29) is 0 Å². The molecule has 0 atom stereocenters. The number of ether oxygens (including phenoxy) is 3. The topological polar surface area (TPSA) is 27.7 Å². The number of unbranched alkanes of at least 4 members (excludes halogenated alkanes) is 3. The molecule has 1 fully saturated rings. The van der Waals surface area contributed by atoms with E-state index in [9.17, 15) is 0 Å². The molecule has 1 aromatic rings. The van der Waals surface area contributed by atoms with Crippen LogP contribution in [0, 0.1) is 5.92 Å². The van der Waals surface area contributed by atoms with Crippen LogP contribution in [0.2, 0.25) is 0 Å². The third-order valence-corrected chi connectivity index (χ3v) is 5.32. The van der Waals surface area contributed by atoms with Crippen molar-refractivity contribution in [2.75, 3.05) is 21.3 Å². The van der Waals surface area contributed by atoms with E-state index in [2.05, 4.69) is 6.07 Å². The van der Waals surface area contributed by atoms with E-state index in [0.717, 1.165) is 23.8 Å². The first-order chi connectivity index (χ1) is 11.8. The van der Waals surface area contributed by atoms with Crippen molar-refractivity contribution in [1.82, 2.24) is 0 Å². The van der Waals surface area contributed by atoms with Crippen LogP contribution in [0.3, 0.4) is 0 Å². The van der Waals surface area contributed by atoms with Gasteiger partial charge in [-0.1, -0.05) is 63.9 Å². The monoisotopic (exact) mass is 334 g/mol. The molecule has 1 aliphatic rings. The van der Waals surface area contributed by atoms with Crippen LogP contribution in [0.4, 0.5) is 0 Å². The van der Waals surface area contributed by atoms with Crippen LogP contribution in [-0.4, -0.2) is 21.3 Å². The first-order valence-corrected chi connectivity index (χ1v) is 9.58. The third kappa shape index (κ3) is 5.32. The zero-order chi connectivity index (χ0) is 17.2. The Labute approximate surface area is 147 Å². The Kier molecular flexibility index (Phi) is 8.27. The predicted octanol–water partition coefficient (Wildman–Crippen LogP) is 5.79. The minimum atomic E-state index is 0.704. The fraction of sp³-hybridized carbons (Fsp3) is 0.714. The van der Waals surface area contributed by atoms with Gasteiger partial charge >= 0.3 is 0 Å². The zero-order valence-electron chi connectivity index (χ0n) is 15.7. The summed E-state index contributed by atoms with van der Waals surface area (Å²) in [6.45, 7) is 0. The van der Waals surface area contributed by atoms with Crippen LogP contribution in [0.5, 0.6) is 17.2 Å². The fourth-order valence-electron chi connectivity index (χ4n) is 3.94. The van der Waals surface area contributed by atoms with Gasteiger partial charge in [0.05, 0.1) is 21.3 Å². The van der Waals surface area contributed by atoms with E-state index in [1.807, 2.05) is 6.07 Å². The molecule has 2 rings (SSSR count). The number of aryl methyl sites for hydroxylation is 1. The molecule has 0 heterocycles. The highest BCUT2D eigenvalue weighted by molar-refractivity contribution is 5.55. The van der Waals surface area contributed by atoms with Crippen molar-refractivity contribution < 1.29 is 14.2 Å². The minimum absolute atomic E-state index is 0.704. The molecule has 0 unspecified atom stereocenters. The Morgan fingerprint density at radius 2 is 1.50 bits per heavy atom. The van der Waals surface area contributed by atoms with Crippen molar-refractivity contribution in [3.63, 3.8) is 0 Å². The highest BCUT2D eigenvalue weighted by atomic mass is 16.5. The minimum Gasteiger partial charge on any atom is -0.493 e. The van der Waals surface area contributed by atoms with E-state index in [1.54, 1.807) is 21.3 Å². The summed E-state index contributed by atoms with van der Waals surface area (Å²) in [5.74, 6) is 3.27. The molecule has 3 heteroatoms. The van der Waals surface area contributed by atoms with Gasteiger partial charge in [0.2, 0.25) is 5.75 Å². The Hall–Kier alpha value is -1.38. The van der Waals surface area contributed by atoms with Crippen LogP contribution in [-0.2, 0) is 6.42 Å². The maximum Gasteiger partial charge on any atom is 0.203 e. The molecular formula is C21H34O3. The maximum absolute atomic E-state index is 5.56. The van der Waals surface area contributed by atoms with Crippen LogP contribution in [0.25, 0.3) is 0 Å². The molecule has 0 N–H and O–H groups in total. The van der Waals surface area contributed by atoms with E-state index >= 15 is 0 Å². The highest BCUT2D eigenvalue weighted by Gasteiger charge is 2.15. The third-order valence-electron chi connectivity index (χ3n) is 5.32. The molecule has 1 aromatic carbocycles. The van der Waals surface area contributed by atoms with Crippen LogP contribution in [0.15, 0.2) is 12.1 Å². The molecule has 0 saturated heterocycles. The predicted molar refractivity (Wildman–Crippen MR) is 99.5 cm³/mol. The van der Waals surface area contributed by atoms with E-state index in [0.29, 0.717) is 5.75 Å². The first-order valence-electron chi connectivity index (χ1n) is 9.58. The van der Waals surface area contributed by atoms with Gasteiger partial charge < -0.3 is 14.2 Å². The van der Waals surface area contributed by atoms with Gasteiger partial charge in [0, 0.05) is 0 Å². The lowest BCUT2D eigenvalue weighted by atomic mass is 9.85. The molecule has 0 bridgehead atoms. The van der Waals surface area contributed by atoms with Crippen LogP contribution < -0.4 is 14.2 Å². The van der Waals surface area contributed by atoms with Gasteiger partial charge in [-0.3, -0.25) is 0 Å². The fourth-order valence-corrected chi connectivity index (χ4v) is 3.94. The molecule has 0 aliphatic heterocycles. The van der Waals surface area contributed by atoms with Gasteiger partial charge in [0.1, 0.15) is 0 Å². The lowest BCUT2D eigenvalue weighted by Gasteiger charge is -2.21. The molecule has 24 heavy (non-hydrogen) atoms. The molecule has 0 amide bonds. The second-order valence-corrected chi connectivity index (χ2v) is 6.95. The molecular weight excluding hydrogens is 300 g/mol. The molecule has 1 saturated carbocycles. The van der Waals surface area contributed by atoms with Crippen molar-refractivity contribution in [2.45, 2.75) is 70.6 Å². The summed E-state index contributed by atoms with van der Waals surface area (Å²) in [5, 5.41) is 0. The lowest BCUT2D eigenvalue weighted by Crippen LogP contribution is -2.05.